The summed E-state index contributed by atoms with van der Waals surface area (Å²) in [7, 11) is 0. The predicted octanol–water partition coefficient (Wildman–Crippen LogP) is 3.96. The zero-order valence-corrected chi connectivity index (χ0v) is 12.2. The van der Waals surface area contributed by atoms with E-state index in [4.69, 9.17) is 4.74 Å². The van der Waals surface area contributed by atoms with Crippen molar-refractivity contribution in [3.8, 4) is 0 Å². The second-order valence-electron chi connectivity index (χ2n) is 5.49. The molecule has 1 heterocycles. The Morgan fingerprint density at radius 3 is 2.52 bits per heavy atom. The Morgan fingerprint density at radius 1 is 1.10 bits per heavy atom. The first-order chi connectivity index (χ1) is 10.2. The van der Waals surface area contributed by atoms with Crippen LogP contribution in [0.3, 0.4) is 0 Å². The van der Waals surface area contributed by atoms with Crippen LogP contribution in [0.15, 0.2) is 54.6 Å². The summed E-state index contributed by atoms with van der Waals surface area (Å²) in [5.74, 6) is -0.205. The van der Waals surface area contributed by atoms with Crippen molar-refractivity contribution < 1.29 is 9.13 Å². The number of hydrogen-bond donors (Lipinski definition) is 0. The van der Waals surface area contributed by atoms with Crippen LogP contribution in [0.1, 0.15) is 30.2 Å². The average Bonchev–Trinajstić information content (AvgIpc) is 2.56. The molecule has 0 saturated carbocycles. The van der Waals surface area contributed by atoms with Gasteiger partial charge in [0.1, 0.15) is 5.82 Å². The first-order valence-corrected chi connectivity index (χ1v) is 7.40. The van der Waals surface area contributed by atoms with Crippen molar-refractivity contribution >= 4 is 0 Å². The van der Waals surface area contributed by atoms with E-state index in [-0.39, 0.29) is 11.9 Å². The molecule has 3 rings (SSSR count). The SMILES string of the molecule is C[C@@H](c1ccccc1)N1CCO[C@H](c2ccc(F)cc2)C1. The summed E-state index contributed by atoms with van der Waals surface area (Å²) < 4.78 is 18.9. The third kappa shape index (κ3) is 3.31. The van der Waals surface area contributed by atoms with Gasteiger partial charge in [0.25, 0.3) is 0 Å². The summed E-state index contributed by atoms with van der Waals surface area (Å²) >= 11 is 0. The third-order valence-corrected chi connectivity index (χ3v) is 4.17. The Bertz CT molecular complexity index is 570. The minimum absolute atomic E-state index is 0.0190. The Balaban J connectivity index is 1.72. The lowest BCUT2D eigenvalue weighted by Gasteiger charge is -2.37. The molecular formula is C18H20FNO. The van der Waals surface area contributed by atoms with Crippen LogP contribution in [0.25, 0.3) is 0 Å². The largest absolute Gasteiger partial charge is 0.371 e. The highest BCUT2D eigenvalue weighted by atomic mass is 19.1. The molecule has 0 bridgehead atoms. The van der Waals surface area contributed by atoms with Crippen LogP contribution in [-0.2, 0) is 4.74 Å². The lowest BCUT2D eigenvalue weighted by molar-refractivity contribution is -0.0431. The van der Waals surface area contributed by atoms with E-state index in [1.54, 1.807) is 0 Å². The fourth-order valence-electron chi connectivity index (χ4n) is 2.84. The van der Waals surface area contributed by atoms with Crippen molar-refractivity contribution in [2.75, 3.05) is 19.7 Å². The molecule has 2 atom stereocenters. The van der Waals surface area contributed by atoms with Crippen LogP contribution in [0.5, 0.6) is 0 Å². The number of rotatable bonds is 3. The number of ether oxygens (including phenoxy) is 1. The zero-order chi connectivity index (χ0) is 14.7. The number of nitrogens with zero attached hydrogens (tertiary/aromatic N) is 1. The van der Waals surface area contributed by atoms with Crippen LogP contribution in [0.2, 0.25) is 0 Å². The van der Waals surface area contributed by atoms with E-state index in [1.165, 1.54) is 17.7 Å². The van der Waals surface area contributed by atoms with Gasteiger partial charge >= 0.3 is 0 Å². The van der Waals surface area contributed by atoms with Gasteiger partial charge in [0.15, 0.2) is 0 Å². The molecule has 1 saturated heterocycles. The van der Waals surface area contributed by atoms with Gasteiger partial charge in [0, 0.05) is 19.1 Å². The molecule has 0 unspecified atom stereocenters. The maximum absolute atomic E-state index is 13.0. The minimum atomic E-state index is -0.205. The molecule has 110 valence electrons. The van der Waals surface area contributed by atoms with E-state index in [1.807, 2.05) is 18.2 Å². The summed E-state index contributed by atoms with van der Waals surface area (Å²) in [4.78, 5) is 2.42. The topological polar surface area (TPSA) is 12.5 Å². The first-order valence-electron chi connectivity index (χ1n) is 7.40. The van der Waals surface area contributed by atoms with Gasteiger partial charge in [-0.05, 0) is 30.2 Å². The fraction of sp³-hybridized carbons (Fsp3) is 0.333. The van der Waals surface area contributed by atoms with Crippen molar-refractivity contribution in [3.63, 3.8) is 0 Å². The van der Waals surface area contributed by atoms with Gasteiger partial charge in [-0.25, -0.2) is 4.39 Å². The number of hydrogen-bond acceptors (Lipinski definition) is 2. The van der Waals surface area contributed by atoms with Crippen molar-refractivity contribution in [2.24, 2.45) is 0 Å². The second kappa shape index (κ2) is 6.37. The molecule has 1 fully saturated rings. The molecule has 0 N–H and O–H groups in total. The predicted molar refractivity (Wildman–Crippen MR) is 81.5 cm³/mol. The highest BCUT2D eigenvalue weighted by Crippen LogP contribution is 2.28. The molecule has 2 nitrogen and oxygen atoms in total. The van der Waals surface area contributed by atoms with Gasteiger partial charge in [0.2, 0.25) is 0 Å². The zero-order valence-electron chi connectivity index (χ0n) is 12.2. The smallest absolute Gasteiger partial charge is 0.123 e. The summed E-state index contributed by atoms with van der Waals surface area (Å²) in [6.45, 7) is 4.69. The van der Waals surface area contributed by atoms with Gasteiger partial charge in [-0.2, -0.15) is 0 Å². The maximum atomic E-state index is 13.0. The van der Waals surface area contributed by atoms with Crippen molar-refractivity contribution in [2.45, 2.75) is 19.1 Å². The molecule has 1 aliphatic rings. The Morgan fingerprint density at radius 2 is 1.81 bits per heavy atom. The van der Waals surface area contributed by atoms with E-state index in [9.17, 15) is 4.39 Å². The normalized spacial score (nSPS) is 21.1. The summed E-state index contributed by atoms with van der Waals surface area (Å²) in [5.41, 5.74) is 2.36. The lowest BCUT2D eigenvalue weighted by atomic mass is 10.0. The molecule has 0 spiro atoms. The van der Waals surface area contributed by atoms with Gasteiger partial charge < -0.3 is 4.74 Å². The highest BCUT2D eigenvalue weighted by Gasteiger charge is 2.25. The number of morpholine rings is 1. The molecule has 0 radical (unpaired) electrons. The molecule has 2 aromatic rings. The van der Waals surface area contributed by atoms with Crippen LogP contribution in [0.4, 0.5) is 4.39 Å². The average molecular weight is 285 g/mol. The van der Waals surface area contributed by atoms with Gasteiger partial charge in [-0.15, -0.1) is 0 Å². The van der Waals surface area contributed by atoms with Crippen LogP contribution < -0.4 is 0 Å². The van der Waals surface area contributed by atoms with Crippen molar-refractivity contribution in [1.29, 1.82) is 0 Å². The minimum Gasteiger partial charge on any atom is -0.371 e. The molecule has 2 aromatic carbocycles. The van der Waals surface area contributed by atoms with Gasteiger partial charge in [-0.1, -0.05) is 42.5 Å². The van der Waals surface area contributed by atoms with E-state index >= 15 is 0 Å². The molecule has 21 heavy (non-hydrogen) atoms. The molecule has 0 aliphatic carbocycles. The van der Waals surface area contributed by atoms with E-state index < -0.39 is 0 Å². The molecule has 1 aliphatic heterocycles. The van der Waals surface area contributed by atoms with Gasteiger partial charge in [0.05, 0.1) is 12.7 Å². The standard InChI is InChI=1S/C18H20FNO/c1-14(15-5-3-2-4-6-15)20-11-12-21-18(13-20)16-7-9-17(19)10-8-16/h2-10,14,18H,11-13H2,1H3/t14-,18-/m0/s1. The van der Waals surface area contributed by atoms with E-state index in [0.29, 0.717) is 12.6 Å². The Kier molecular flexibility index (Phi) is 4.32. The highest BCUT2D eigenvalue weighted by molar-refractivity contribution is 5.21. The van der Waals surface area contributed by atoms with Gasteiger partial charge in [-0.3, -0.25) is 4.90 Å². The quantitative estimate of drug-likeness (QED) is 0.846. The van der Waals surface area contributed by atoms with Crippen LogP contribution in [0, 0.1) is 5.82 Å². The summed E-state index contributed by atoms with van der Waals surface area (Å²) in [5, 5.41) is 0. The summed E-state index contributed by atoms with van der Waals surface area (Å²) in [6, 6.07) is 17.5. The molecule has 0 aromatic heterocycles. The molecule has 3 heteroatoms. The third-order valence-electron chi connectivity index (χ3n) is 4.17. The fourth-order valence-corrected chi connectivity index (χ4v) is 2.84. The van der Waals surface area contributed by atoms with Crippen molar-refractivity contribution in [3.05, 3.63) is 71.5 Å². The Labute approximate surface area is 125 Å². The Hall–Kier alpha value is -1.71. The van der Waals surface area contributed by atoms with Crippen molar-refractivity contribution in [1.82, 2.24) is 4.90 Å². The second-order valence-corrected chi connectivity index (χ2v) is 5.49. The molecular weight excluding hydrogens is 265 g/mol. The first kappa shape index (κ1) is 14.2. The maximum Gasteiger partial charge on any atom is 0.123 e. The van der Waals surface area contributed by atoms with E-state index in [2.05, 4.69) is 36.1 Å². The van der Waals surface area contributed by atoms with Crippen LogP contribution >= 0.6 is 0 Å². The van der Waals surface area contributed by atoms with Crippen LogP contribution in [-0.4, -0.2) is 24.6 Å². The van der Waals surface area contributed by atoms with E-state index in [0.717, 1.165) is 18.7 Å². The summed E-state index contributed by atoms with van der Waals surface area (Å²) in [6.07, 6.45) is 0.0190. The number of halogens is 1. The molecule has 0 amide bonds. The number of benzene rings is 2. The monoisotopic (exact) mass is 285 g/mol. The lowest BCUT2D eigenvalue weighted by Crippen LogP contribution is -2.39.